The lowest BCUT2D eigenvalue weighted by atomic mass is 9.85. The Balaban J connectivity index is 2.77. The monoisotopic (exact) mass is 280 g/mol. The van der Waals surface area contributed by atoms with Crippen LogP contribution in [0.15, 0.2) is 18.7 Å². The molecule has 2 unspecified atom stereocenters. The lowest BCUT2D eigenvalue weighted by molar-refractivity contribution is -0.127. The zero-order chi connectivity index (χ0) is 15.3. The summed E-state index contributed by atoms with van der Waals surface area (Å²) >= 11 is 0. The summed E-state index contributed by atoms with van der Waals surface area (Å²) in [7, 11) is 0. The molecule has 0 spiro atoms. The van der Waals surface area contributed by atoms with Crippen molar-refractivity contribution in [2.24, 2.45) is 23.0 Å². The zero-order valence-electron chi connectivity index (χ0n) is 13.3. The highest BCUT2D eigenvalue weighted by atomic mass is 16.2. The third-order valence-corrected chi connectivity index (χ3v) is 3.71. The highest BCUT2D eigenvalue weighted by Gasteiger charge is 2.29. The molecule has 1 rings (SSSR count). The molecular weight excluding hydrogens is 252 g/mol. The molecule has 2 atom stereocenters. The smallest absolute Gasteiger partial charge is 0.224 e. The molecule has 0 aliphatic rings. The Hall–Kier alpha value is -1.36. The van der Waals surface area contributed by atoms with Gasteiger partial charge >= 0.3 is 0 Å². The maximum Gasteiger partial charge on any atom is 0.224 e. The van der Waals surface area contributed by atoms with Gasteiger partial charge in [-0.3, -0.25) is 4.79 Å². The van der Waals surface area contributed by atoms with Crippen LogP contribution in [0.2, 0.25) is 0 Å². The lowest BCUT2D eigenvalue weighted by Gasteiger charge is -2.33. The summed E-state index contributed by atoms with van der Waals surface area (Å²) in [6.07, 6.45) is 5.43. The van der Waals surface area contributed by atoms with Crippen LogP contribution < -0.4 is 11.1 Å². The first kappa shape index (κ1) is 16.7. The number of imidazole rings is 1. The van der Waals surface area contributed by atoms with E-state index in [4.69, 9.17) is 5.73 Å². The van der Waals surface area contributed by atoms with Gasteiger partial charge in [-0.15, -0.1) is 0 Å². The van der Waals surface area contributed by atoms with E-state index in [2.05, 4.69) is 31.1 Å². The lowest BCUT2D eigenvalue weighted by Crippen LogP contribution is -2.50. The quantitative estimate of drug-likeness (QED) is 0.832. The van der Waals surface area contributed by atoms with Gasteiger partial charge in [0.2, 0.25) is 5.91 Å². The maximum absolute atomic E-state index is 12.4. The Bertz CT molecular complexity index is 406. The minimum Gasteiger partial charge on any atom is -0.351 e. The summed E-state index contributed by atoms with van der Waals surface area (Å²) in [5.74, 6) is 0.152. The van der Waals surface area contributed by atoms with Gasteiger partial charge in [0.15, 0.2) is 0 Å². The van der Waals surface area contributed by atoms with Crippen molar-refractivity contribution in [2.75, 3.05) is 6.54 Å². The maximum atomic E-state index is 12.4. The Kier molecular flexibility index (Phi) is 5.74. The molecule has 0 saturated carbocycles. The van der Waals surface area contributed by atoms with E-state index in [1.807, 2.05) is 24.6 Å². The first-order valence-corrected chi connectivity index (χ1v) is 7.22. The summed E-state index contributed by atoms with van der Waals surface area (Å²) in [4.78, 5) is 16.4. The molecule has 0 aromatic carbocycles. The standard InChI is InChI=1S/C15H28N4O/c1-11(2)12(8-16)14(20)18-13(15(3,4)5)9-19-7-6-17-10-19/h6-7,10-13H,8-9,16H2,1-5H3,(H,18,20). The molecule has 1 aromatic rings. The van der Waals surface area contributed by atoms with Gasteiger partial charge in [0, 0.05) is 25.5 Å². The summed E-state index contributed by atoms with van der Waals surface area (Å²) < 4.78 is 1.99. The molecule has 1 aromatic heterocycles. The van der Waals surface area contributed by atoms with E-state index < -0.39 is 0 Å². The number of nitrogens with zero attached hydrogens (tertiary/aromatic N) is 2. The van der Waals surface area contributed by atoms with Crippen molar-refractivity contribution in [3.05, 3.63) is 18.7 Å². The summed E-state index contributed by atoms with van der Waals surface area (Å²) in [5, 5.41) is 3.16. The van der Waals surface area contributed by atoms with Crippen LogP contribution in [0.25, 0.3) is 0 Å². The average molecular weight is 280 g/mol. The third-order valence-electron chi connectivity index (χ3n) is 3.71. The molecule has 0 radical (unpaired) electrons. The second-order valence-electron chi connectivity index (χ2n) is 6.77. The second kappa shape index (κ2) is 6.88. The first-order valence-electron chi connectivity index (χ1n) is 7.22. The predicted octanol–water partition coefficient (Wildman–Crippen LogP) is 1.64. The zero-order valence-corrected chi connectivity index (χ0v) is 13.3. The van der Waals surface area contributed by atoms with Crippen LogP contribution in [0.1, 0.15) is 34.6 Å². The molecule has 0 aliphatic heterocycles. The van der Waals surface area contributed by atoms with Crippen LogP contribution in [-0.2, 0) is 11.3 Å². The predicted molar refractivity (Wildman–Crippen MR) is 81.0 cm³/mol. The largest absolute Gasteiger partial charge is 0.351 e. The van der Waals surface area contributed by atoms with Crippen molar-refractivity contribution < 1.29 is 4.79 Å². The van der Waals surface area contributed by atoms with Crippen LogP contribution in [-0.4, -0.2) is 28.0 Å². The third kappa shape index (κ3) is 4.63. The summed E-state index contributed by atoms with van der Waals surface area (Å²) in [5.41, 5.74) is 5.69. The van der Waals surface area contributed by atoms with Crippen LogP contribution in [0, 0.1) is 17.3 Å². The van der Waals surface area contributed by atoms with Crippen molar-refractivity contribution in [3.8, 4) is 0 Å². The van der Waals surface area contributed by atoms with Gasteiger partial charge in [0.25, 0.3) is 0 Å². The number of nitrogens with two attached hydrogens (primary N) is 1. The fourth-order valence-corrected chi connectivity index (χ4v) is 2.10. The Morgan fingerprint density at radius 2 is 2.05 bits per heavy atom. The summed E-state index contributed by atoms with van der Waals surface area (Å²) in [6.45, 7) is 11.5. The average Bonchev–Trinajstić information content (AvgIpc) is 2.80. The number of carbonyl (C=O) groups is 1. The van der Waals surface area contributed by atoms with Gasteiger partial charge in [0.1, 0.15) is 0 Å². The van der Waals surface area contributed by atoms with Crippen molar-refractivity contribution in [1.82, 2.24) is 14.9 Å². The number of carbonyl (C=O) groups excluding carboxylic acids is 1. The van der Waals surface area contributed by atoms with Crippen LogP contribution in [0.3, 0.4) is 0 Å². The van der Waals surface area contributed by atoms with Gasteiger partial charge < -0.3 is 15.6 Å². The molecule has 3 N–H and O–H groups in total. The van der Waals surface area contributed by atoms with Gasteiger partial charge in [0.05, 0.1) is 18.3 Å². The van der Waals surface area contributed by atoms with E-state index in [0.29, 0.717) is 13.1 Å². The van der Waals surface area contributed by atoms with E-state index in [1.54, 1.807) is 12.5 Å². The Morgan fingerprint density at radius 1 is 1.40 bits per heavy atom. The molecule has 0 saturated heterocycles. The second-order valence-corrected chi connectivity index (χ2v) is 6.77. The molecule has 0 aliphatic carbocycles. The van der Waals surface area contributed by atoms with E-state index in [9.17, 15) is 4.79 Å². The molecule has 0 fully saturated rings. The number of nitrogens with one attached hydrogen (secondary N) is 1. The van der Waals surface area contributed by atoms with E-state index in [0.717, 1.165) is 0 Å². The van der Waals surface area contributed by atoms with Gasteiger partial charge in [-0.25, -0.2) is 4.98 Å². The van der Waals surface area contributed by atoms with Crippen molar-refractivity contribution in [1.29, 1.82) is 0 Å². The molecule has 20 heavy (non-hydrogen) atoms. The van der Waals surface area contributed by atoms with Crippen molar-refractivity contribution in [2.45, 2.75) is 47.2 Å². The van der Waals surface area contributed by atoms with Crippen LogP contribution in [0.5, 0.6) is 0 Å². The fourth-order valence-electron chi connectivity index (χ4n) is 2.10. The first-order chi connectivity index (χ1) is 9.25. The van der Waals surface area contributed by atoms with Crippen molar-refractivity contribution in [3.63, 3.8) is 0 Å². The van der Waals surface area contributed by atoms with E-state index in [-0.39, 0.29) is 29.2 Å². The minimum absolute atomic E-state index is 0.0317. The topological polar surface area (TPSA) is 72.9 Å². The Morgan fingerprint density at radius 3 is 2.45 bits per heavy atom. The SMILES string of the molecule is CC(C)C(CN)C(=O)NC(Cn1ccnc1)C(C)(C)C. The number of hydrogen-bond acceptors (Lipinski definition) is 3. The van der Waals surface area contributed by atoms with E-state index >= 15 is 0 Å². The van der Waals surface area contributed by atoms with Gasteiger partial charge in [-0.05, 0) is 11.3 Å². The van der Waals surface area contributed by atoms with Crippen LogP contribution in [0.4, 0.5) is 0 Å². The molecule has 1 heterocycles. The minimum atomic E-state index is -0.136. The Labute approximate surface area is 122 Å². The van der Waals surface area contributed by atoms with E-state index in [1.165, 1.54) is 0 Å². The van der Waals surface area contributed by atoms with Gasteiger partial charge in [-0.1, -0.05) is 34.6 Å². The number of rotatable bonds is 6. The normalized spacial score (nSPS) is 15.2. The van der Waals surface area contributed by atoms with Crippen molar-refractivity contribution >= 4 is 5.91 Å². The molecule has 1 amide bonds. The van der Waals surface area contributed by atoms with Gasteiger partial charge in [-0.2, -0.15) is 0 Å². The summed E-state index contributed by atoms with van der Waals surface area (Å²) in [6, 6.07) is 0.0389. The van der Waals surface area contributed by atoms with Crippen LogP contribution >= 0.6 is 0 Å². The number of amides is 1. The highest BCUT2D eigenvalue weighted by Crippen LogP contribution is 2.22. The molecular formula is C15H28N4O. The molecule has 5 nitrogen and oxygen atoms in total. The molecule has 5 heteroatoms. The number of aromatic nitrogens is 2. The number of hydrogen-bond donors (Lipinski definition) is 2. The fraction of sp³-hybridized carbons (Fsp3) is 0.733. The molecule has 0 bridgehead atoms. The highest BCUT2D eigenvalue weighted by molar-refractivity contribution is 5.79. The molecule has 114 valence electrons.